The van der Waals surface area contributed by atoms with Crippen LogP contribution in [0.15, 0.2) is 66.7 Å². The summed E-state index contributed by atoms with van der Waals surface area (Å²) >= 11 is 0. The van der Waals surface area contributed by atoms with Crippen molar-refractivity contribution in [1.29, 1.82) is 0 Å². The summed E-state index contributed by atoms with van der Waals surface area (Å²) in [6.07, 6.45) is 0. The molecule has 0 aromatic heterocycles. The molecule has 0 saturated carbocycles. The summed E-state index contributed by atoms with van der Waals surface area (Å²) in [5, 5.41) is 0. The maximum absolute atomic E-state index is 12.3. The maximum Gasteiger partial charge on any atom is 0.338 e. The molecule has 0 fully saturated rings. The van der Waals surface area contributed by atoms with Crippen molar-refractivity contribution < 1.29 is 14.3 Å². The summed E-state index contributed by atoms with van der Waals surface area (Å²) in [4.78, 5) is 12.3. The molecule has 0 N–H and O–H groups in total. The minimum Gasteiger partial charge on any atom is -0.465 e. The molecule has 0 spiro atoms. The summed E-state index contributed by atoms with van der Waals surface area (Å²) in [7, 11) is 1.41. The minimum atomic E-state index is -0.321. The zero-order chi connectivity index (χ0) is 17.2. The lowest BCUT2D eigenvalue weighted by atomic mass is 9.86. The molecule has 3 aromatic carbocycles. The highest BCUT2D eigenvalue weighted by Crippen LogP contribution is 2.41. The number of rotatable bonds is 3. The largest absolute Gasteiger partial charge is 0.465 e. The van der Waals surface area contributed by atoms with Crippen LogP contribution in [0.2, 0.25) is 0 Å². The number of benzene rings is 3. The van der Waals surface area contributed by atoms with Crippen LogP contribution >= 0.6 is 0 Å². The predicted molar refractivity (Wildman–Crippen MR) is 97.1 cm³/mol. The fourth-order valence-electron chi connectivity index (χ4n) is 3.43. The van der Waals surface area contributed by atoms with Crippen LogP contribution < -0.4 is 0 Å². The Kier molecular flexibility index (Phi) is 4.08. The van der Waals surface area contributed by atoms with E-state index in [-0.39, 0.29) is 5.97 Å². The van der Waals surface area contributed by atoms with E-state index in [4.69, 9.17) is 9.47 Å². The van der Waals surface area contributed by atoms with Crippen LogP contribution in [0.3, 0.4) is 0 Å². The second-order valence-corrected chi connectivity index (χ2v) is 6.02. The molecule has 0 bridgehead atoms. The van der Waals surface area contributed by atoms with Gasteiger partial charge in [0.05, 0.1) is 25.9 Å². The molecule has 25 heavy (non-hydrogen) atoms. The van der Waals surface area contributed by atoms with E-state index in [9.17, 15) is 4.79 Å². The normalized spacial score (nSPS) is 12.7. The standard InChI is InChI=1S/C22H18O3/c1-24-22(23)18-12-17(15-8-4-2-5-9-15)21(16-10-6-3-7-11-16)20-14-25-13-19(18)20/h2-12H,13-14H2,1H3. The second kappa shape index (κ2) is 6.54. The molecule has 0 unspecified atom stereocenters. The number of ether oxygens (including phenoxy) is 2. The van der Waals surface area contributed by atoms with Crippen LogP contribution in [-0.2, 0) is 22.7 Å². The zero-order valence-electron chi connectivity index (χ0n) is 14.0. The Morgan fingerprint density at radius 1 is 0.880 bits per heavy atom. The van der Waals surface area contributed by atoms with Gasteiger partial charge in [-0.1, -0.05) is 60.7 Å². The van der Waals surface area contributed by atoms with E-state index in [0.717, 1.165) is 33.4 Å². The first-order chi connectivity index (χ1) is 12.3. The monoisotopic (exact) mass is 330 g/mol. The topological polar surface area (TPSA) is 35.5 Å². The third-order valence-corrected chi connectivity index (χ3v) is 4.59. The Morgan fingerprint density at radius 3 is 2.12 bits per heavy atom. The van der Waals surface area contributed by atoms with Gasteiger partial charge in [0.25, 0.3) is 0 Å². The predicted octanol–water partition coefficient (Wildman–Crippen LogP) is 4.84. The Labute approximate surface area is 146 Å². The van der Waals surface area contributed by atoms with Crippen LogP contribution in [0, 0.1) is 0 Å². The molecule has 0 radical (unpaired) electrons. The lowest BCUT2D eigenvalue weighted by molar-refractivity contribution is 0.0596. The average molecular weight is 330 g/mol. The molecule has 0 atom stereocenters. The SMILES string of the molecule is COC(=O)c1cc(-c2ccccc2)c(-c2ccccc2)c2c1COC2. The summed E-state index contributed by atoms with van der Waals surface area (Å²) < 4.78 is 10.7. The third-order valence-electron chi connectivity index (χ3n) is 4.59. The van der Waals surface area contributed by atoms with E-state index in [1.54, 1.807) is 0 Å². The highest BCUT2D eigenvalue weighted by atomic mass is 16.5. The van der Waals surface area contributed by atoms with E-state index in [0.29, 0.717) is 18.8 Å². The fraction of sp³-hybridized carbons (Fsp3) is 0.136. The van der Waals surface area contributed by atoms with Crippen LogP contribution in [0.1, 0.15) is 21.5 Å². The molecule has 0 aliphatic carbocycles. The molecule has 3 aromatic rings. The highest BCUT2D eigenvalue weighted by molar-refractivity contribution is 5.97. The number of carbonyl (C=O) groups is 1. The molecular weight excluding hydrogens is 312 g/mol. The summed E-state index contributed by atoms with van der Waals surface area (Å²) in [6.45, 7) is 0.943. The van der Waals surface area contributed by atoms with Gasteiger partial charge in [-0.3, -0.25) is 0 Å². The Morgan fingerprint density at radius 2 is 1.48 bits per heavy atom. The van der Waals surface area contributed by atoms with E-state index in [1.165, 1.54) is 7.11 Å². The highest BCUT2D eigenvalue weighted by Gasteiger charge is 2.27. The van der Waals surface area contributed by atoms with Crippen LogP contribution in [0.5, 0.6) is 0 Å². The van der Waals surface area contributed by atoms with Crippen molar-refractivity contribution in [2.24, 2.45) is 0 Å². The van der Waals surface area contributed by atoms with Crippen LogP contribution in [-0.4, -0.2) is 13.1 Å². The van der Waals surface area contributed by atoms with Gasteiger partial charge in [0, 0.05) is 0 Å². The van der Waals surface area contributed by atoms with Crippen molar-refractivity contribution in [3.8, 4) is 22.3 Å². The average Bonchev–Trinajstić information content (AvgIpc) is 3.17. The Balaban J connectivity index is 2.05. The Hall–Kier alpha value is -2.91. The second-order valence-electron chi connectivity index (χ2n) is 6.02. The van der Waals surface area contributed by atoms with Crippen molar-refractivity contribution in [1.82, 2.24) is 0 Å². The summed E-state index contributed by atoms with van der Waals surface area (Å²) in [6, 6.07) is 22.3. The smallest absolute Gasteiger partial charge is 0.338 e. The first-order valence-electron chi connectivity index (χ1n) is 8.25. The van der Waals surface area contributed by atoms with Gasteiger partial charge in [0.15, 0.2) is 0 Å². The molecule has 0 amide bonds. The van der Waals surface area contributed by atoms with Crippen molar-refractivity contribution >= 4 is 5.97 Å². The van der Waals surface area contributed by atoms with Crippen LogP contribution in [0.25, 0.3) is 22.3 Å². The van der Waals surface area contributed by atoms with Gasteiger partial charge in [-0.15, -0.1) is 0 Å². The number of methoxy groups -OCH3 is 1. The first kappa shape index (κ1) is 15.6. The van der Waals surface area contributed by atoms with Gasteiger partial charge in [-0.2, -0.15) is 0 Å². The van der Waals surface area contributed by atoms with Crippen LogP contribution in [0.4, 0.5) is 0 Å². The maximum atomic E-state index is 12.3. The molecule has 4 rings (SSSR count). The Bertz CT molecular complexity index is 915. The van der Waals surface area contributed by atoms with E-state index in [2.05, 4.69) is 24.3 Å². The van der Waals surface area contributed by atoms with Gasteiger partial charge < -0.3 is 9.47 Å². The lowest BCUT2D eigenvalue weighted by Crippen LogP contribution is -2.07. The van der Waals surface area contributed by atoms with Gasteiger partial charge in [-0.25, -0.2) is 4.79 Å². The van der Waals surface area contributed by atoms with E-state index in [1.807, 2.05) is 42.5 Å². The summed E-state index contributed by atoms with van der Waals surface area (Å²) in [5.74, 6) is -0.321. The molecule has 1 aliphatic rings. The number of carbonyl (C=O) groups excluding carboxylic acids is 1. The van der Waals surface area contributed by atoms with Crippen molar-refractivity contribution in [3.63, 3.8) is 0 Å². The van der Waals surface area contributed by atoms with Gasteiger partial charge in [-0.05, 0) is 39.4 Å². The number of hydrogen-bond acceptors (Lipinski definition) is 3. The molecular formula is C22H18O3. The summed E-state index contributed by atoms with van der Waals surface area (Å²) in [5.41, 5.74) is 6.95. The minimum absolute atomic E-state index is 0.321. The van der Waals surface area contributed by atoms with E-state index < -0.39 is 0 Å². The molecule has 1 aliphatic heterocycles. The van der Waals surface area contributed by atoms with Gasteiger partial charge in [0.2, 0.25) is 0 Å². The molecule has 124 valence electrons. The van der Waals surface area contributed by atoms with Crippen molar-refractivity contribution in [3.05, 3.63) is 83.4 Å². The van der Waals surface area contributed by atoms with Crippen molar-refractivity contribution in [2.45, 2.75) is 13.2 Å². The zero-order valence-corrected chi connectivity index (χ0v) is 14.0. The fourth-order valence-corrected chi connectivity index (χ4v) is 3.43. The van der Waals surface area contributed by atoms with Gasteiger partial charge >= 0.3 is 5.97 Å². The number of fused-ring (bicyclic) bond motifs is 1. The van der Waals surface area contributed by atoms with Crippen molar-refractivity contribution in [2.75, 3.05) is 7.11 Å². The molecule has 3 nitrogen and oxygen atoms in total. The molecule has 3 heteroatoms. The lowest BCUT2D eigenvalue weighted by Gasteiger charge is -2.17. The quantitative estimate of drug-likeness (QED) is 0.645. The first-order valence-corrected chi connectivity index (χ1v) is 8.25. The third kappa shape index (κ3) is 2.73. The molecule has 1 heterocycles. The van der Waals surface area contributed by atoms with Gasteiger partial charge in [0.1, 0.15) is 0 Å². The van der Waals surface area contributed by atoms with E-state index >= 15 is 0 Å². The molecule has 0 saturated heterocycles. The number of hydrogen-bond donors (Lipinski definition) is 0. The number of esters is 1.